The van der Waals surface area contributed by atoms with Crippen LogP contribution >= 0.6 is 0 Å². The molecule has 4 unspecified atom stereocenters. The lowest BCUT2D eigenvalue weighted by molar-refractivity contribution is 0.0542. The predicted octanol–water partition coefficient (Wildman–Crippen LogP) is 3.60. The second kappa shape index (κ2) is 5.72. The van der Waals surface area contributed by atoms with Crippen molar-refractivity contribution in [2.45, 2.75) is 45.3 Å². The standard InChI is InChI=1S/C15H17F2N3O2/c1-7-8(2)21-9(3)12(7)15-19-14(20-22-15)10-4-5-11(13(16)17)18-6-10/h4-9,12-13H,1-3H3. The zero-order valence-corrected chi connectivity index (χ0v) is 12.5. The molecule has 4 atom stereocenters. The summed E-state index contributed by atoms with van der Waals surface area (Å²) < 4.78 is 36.1. The molecule has 22 heavy (non-hydrogen) atoms. The van der Waals surface area contributed by atoms with Gasteiger partial charge in [0.05, 0.1) is 18.1 Å². The van der Waals surface area contributed by atoms with Crippen molar-refractivity contribution in [2.75, 3.05) is 0 Å². The Morgan fingerprint density at radius 3 is 2.45 bits per heavy atom. The number of alkyl halides is 2. The largest absolute Gasteiger partial charge is 0.374 e. The van der Waals surface area contributed by atoms with Crippen LogP contribution in [0, 0.1) is 5.92 Å². The van der Waals surface area contributed by atoms with Crippen LogP contribution in [0.25, 0.3) is 11.4 Å². The highest BCUT2D eigenvalue weighted by Gasteiger charge is 2.41. The van der Waals surface area contributed by atoms with Gasteiger partial charge in [-0.25, -0.2) is 8.78 Å². The SMILES string of the molecule is CC1OC(C)C(c2nc(-c3ccc(C(F)F)nc3)no2)C1C. The van der Waals surface area contributed by atoms with Crippen molar-refractivity contribution in [2.24, 2.45) is 5.92 Å². The lowest BCUT2D eigenvalue weighted by Crippen LogP contribution is -2.15. The summed E-state index contributed by atoms with van der Waals surface area (Å²) in [5, 5.41) is 3.93. The van der Waals surface area contributed by atoms with Crippen LogP contribution in [-0.4, -0.2) is 27.3 Å². The predicted molar refractivity (Wildman–Crippen MR) is 74.4 cm³/mol. The minimum atomic E-state index is -2.59. The third-order valence-corrected chi connectivity index (χ3v) is 4.24. The van der Waals surface area contributed by atoms with Crippen molar-refractivity contribution in [1.82, 2.24) is 15.1 Å². The van der Waals surface area contributed by atoms with Gasteiger partial charge in [-0.05, 0) is 31.9 Å². The number of nitrogens with zero attached hydrogens (tertiary/aromatic N) is 3. The summed E-state index contributed by atoms with van der Waals surface area (Å²) in [4.78, 5) is 8.09. The van der Waals surface area contributed by atoms with E-state index < -0.39 is 6.43 Å². The van der Waals surface area contributed by atoms with Gasteiger partial charge in [0.2, 0.25) is 11.7 Å². The van der Waals surface area contributed by atoms with Crippen molar-refractivity contribution >= 4 is 0 Å². The van der Waals surface area contributed by atoms with Gasteiger partial charge in [0, 0.05) is 11.8 Å². The fourth-order valence-corrected chi connectivity index (χ4v) is 2.85. The van der Waals surface area contributed by atoms with Gasteiger partial charge in [0.25, 0.3) is 6.43 Å². The van der Waals surface area contributed by atoms with Gasteiger partial charge in [-0.1, -0.05) is 12.1 Å². The van der Waals surface area contributed by atoms with Crippen LogP contribution in [0.5, 0.6) is 0 Å². The first-order valence-corrected chi connectivity index (χ1v) is 7.21. The van der Waals surface area contributed by atoms with E-state index in [1.165, 1.54) is 18.3 Å². The van der Waals surface area contributed by atoms with Gasteiger partial charge in [-0.3, -0.25) is 4.98 Å². The lowest BCUT2D eigenvalue weighted by Gasteiger charge is -2.12. The zero-order valence-electron chi connectivity index (χ0n) is 12.5. The first kappa shape index (κ1) is 15.0. The average molecular weight is 309 g/mol. The zero-order chi connectivity index (χ0) is 15.9. The summed E-state index contributed by atoms with van der Waals surface area (Å²) in [6.45, 7) is 6.08. The van der Waals surface area contributed by atoms with Gasteiger partial charge in [0.1, 0.15) is 5.69 Å². The van der Waals surface area contributed by atoms with Gasteiger partial charge in [0.15, 0.2) is 0 Å². The second-order valence-electron chi connectivity index (χ2n) is 5.66. The van der Waals surface area contributed by atoms with E-state index in [9.17, 15) is 8.78 Å². The van der Waals surface area contributed by atoms with Crippen LogP contribution in [0.15, 0.2) is 22.9 Å². The molecule has 0 bridgehead atoms. The molecule has 2 aromatic rings. The van der Waals surface area contributed by atoms with Gasteiger partial charge in [-0.15, -0.1) is 0 Å². The minimum Gasteiger partial charge on any atom is -0.374 e. The smallest absolute Gasteiger partial charge is 0.280 e. The fourth-order valence-electron chi connectivity index (χ4n) is 2.85. The molecule has 1 fully saturated rings. The fraction of sp³-hybridized carbons (Fsp3) is 0.533. The van der Waals surface area contributed by atoms with Gasteiger partial charge >= 0.3 is 0 Å². The van der Waals surface area contributed by atoms with E-state index in [2.05, 4.69) is 22.0 Å². The third kappa shape index (κ3) is 2.61. The maximum absolute atomic E-state index is 12.5. The molecule has 1 aliphatic heterocycles. The van der Waals surface area contributed by atoms with Crippen molar-refractivity contribution in [3.05, 3.63) is 29.9 Å². The Hall–Kier alpha value is -1.89. The van der Waals surface area contributed by atoms with E-state index in [1.807, 2.05) is 13.8 Å². The van der Waals surface area contributed by atoms with Crippen LogP contribution < -0.4 is 0 Å². The summed E-state index contributed by atoms with van der Waals surface area (Å²) in [6, 6.07) is 2.78. The molecule has 5 nitrogen and oxygen atoms in total. The number of hydrogen-bond acceptors (Lipinski definition) is 5. The number of ether oxygens (including phenoxy) is 1. The number of rotatable bonds is 3. The highest BCUT2D eigenvalue weighted by Crippen LogP contribution is 2.39. The summed E-state index contributed by atoms with van der Waals surface area (Å²) in [5.41, 5.74) is 0.277. The maximum atomic E-state index is 12.5. The molecule has 118 valence electrons. The molecule has 3 rings (SSSR count). The van der Waals surface area contributed by atoms with E-state index in [-0.39, 0.29) is 29.7 Å². The summed E-state index contributed by atoms with van der Waals surface area (Å²) >= 11 is 0. The molecule has 3 heterocycles. The summed E-state index contributed by atoms with van der Waals surface area (Å²) in [6.07, 6.45) is -1.13. The molecule has 7 heteroatoms. The average Bonchev–Trinajstić information content (AvgIpc) is 3.05. The number of pyridine rings is 1. The minimum absolute atomic E-state index is 0.00219. The van der Waals surface area contributed by atoms with Crippen LogP contribution in [0.2, 0.25) is 0 Å². The molecule has 1 saturated heterocycles. The molecule has 0 aliphatic carbocycles. The van der Waals surface area contributed by atoms with Crippen LogP contribution in [0.3, 0.4) is 0 Å². The molecule has 0 saturated carbocycles. The first-order chi connectivity index (χ1) is 10.5. The summed E-state index contributed by atoms with van der Waals surface area (Å²) in [5.74, 6) is 1.16. The van der Waals surface area contributed by atoms with Gasteiger partial charge in [-0.2, -0.15) is 4.98 Å². The van der Waals surface area contributed by atoms with Crippen LogP contribution in [0.4, 0.5) is 8.78 Å². The van der Waals surface area contributed by atoms with E-state index in [4.69, 9.17) is 9.26 Å². The molecule has 0 aromatic carbocycles. The lowest BCUT2D eigenvalue weighted by atomic mass is 9.89. The Labute approximate surface area is 126 Å². The Morgan fingerprint density at radius 1 is 1.14 bits per heavy atom. The molecule has 0 amide bonds. The number of hydrogen-bond donors (Lipinski definition) is 0. The third-order valence-electron chi connectivity index (χ3n) is 4.24. The van der Waals surface area contributed by atoms with Crippen molar-refractivity contribution in [3.8, 4) is 11.4 Å². The first-order valence-electron chi connectivity index (χ1n) is 7.21. The van der Waals surface area contributed by atoms with Crippen molar-refractivity contribution in [1.29, 1.82) is 0 Å². The van der Waals surface area contributed by atoms with E-state index in [0.29, 0.717) is 17.3 Å². The molecule has 0 radical (unpaired) electrons. The topological polar surface area (TPSA) is 61.0 Å². The Kier molecular flexibility index (Phi) is 3.90. The molecular formula is C15H17F2N3O2. The number of halogens is 2. The normalized spacial score (nSPS) is 28.5. The van der Waals surface area contributed by atoms with Crippen molar-refractivity contribution in [3.63, 3.8) is 0 Å². The Bertz CT molecular complexity index is 644. The van der Waals surface area contributed by atoms with E-state index in [0.717, 1.165) is 0 Å². The van der Waals surface area contributed by atoms with Crippen LogP contribution in [-0.2, 0) is 4.74 Å². The molecule has 0 N–H and O–H groups in total. The maximum Gasteiger partial charge on any atom is 0.280 e. The monoisotopic (exact) mass is 309 g/mol. The van der Waals surface area contributed by atoms with E-state index >= 15 is 0 Å². The summed E-state index contributed by atoms with van der Waals surface area (Å²) in [7, 11) is 0. The highest BCUT2D eigenvalue weighted by atomic mass is 19.3. The quantitative estimate of drug-likeness (QED) is 0.867. The molecule has 1 aliphatic rings. The van der Waals surface area contributed by atoms with Gasteiger partial charge < -0.3 is 9.26 Å². The molecule has 0 spiro atoms. The van der Waals surface area contributed by atoms with Crippen LogP contribution in [0.1, 0.15) is 44.7 Å². The molecule has 2 aromatic heterocycles. The number of aromatic nitrogens is 3. The second-order valence-corrected chi connectivity index (χ2v) is 5.66. The highest BCUT2D eigenvalue weighted by molar-refractivity contribution is 5.52. The molecular weight excluding hydrogens is 292 g/mol. The Balaban J connectivity index is 1.84. The van der Waals surface area contributed by atoms with Crippen molar-refractivity contribution < 1.29 is 18.0 Å². The van der Waals surface area contributed by atoms with E-state index in [1.54, 1.807) is 0 Å². The Morgan fingerprint density at radius 2 is 1.91 bits per heavy atom.